The molecule has 0 amide bonds. The largest absolute Gasteiger partial charge is 0.480 e. The molecule has 0 aliphatic carbocycles. The van der Waals surface area contributed by atoms with Crippen LogP contribution in [-0.2, 0) is 4.79 Å². The molecule has 1 fully saturated rings. The molecule has 3 nitrogen and oxygen atoms in total. The third kappa shape index (κ3) is 3.78. The van der Waals surface area contributed by atoms with Crippen molar-refractivity contribution in [3.05, 3.63) is 0 Å². The predicted molar refractivity (Wildman–Crippen MR) is 64.6 cm³/mol. The van der Waals surface area contributed by atoms with Crippen molar-refractivity contribution in [3.63, 3.8) is 0 Å². The number of carboxylic acid groups (broad SMARTS) is 1. The highest BCUT2D eigenvalue weighted by molar-refractivity contribution is 8.00. The monoisotopic (exact) mass is 285 g/mol. The fourth-order valence-electron chi connectivity index (χ4n) is 2.58. The van der Waals surface area contributed by atoms with E-state index in [1.54, 1.807) is 4.90 Å². The van der Waals surface area contributed by atoms with Gasteiger partial charge in [-0.1, -0.05) is 13.3 Å². The van der Waals surface area contributed by atoms with E-state index in [0.29, 0.717) is 19.4 Å². The number of likely N-dealkylation sites (tertiary alicyclic amines) is 1. The van der Waals surface area contributed by atoms with E-state index < -0.39 is 17.0 Å². The zero-order valence-corrected chi connectivity index (χ0v) is 11.1. The third-order valence-corrected chi connectivity index (χ3v) is 4.03. The van der Waals surface area contributed by atoms with Gasteiger partial charge in [0.15, 0.2) is 0 Å². The van der Waals surface area contributed by atoms with Gasteiger partial charge in [0.2, 0.25) is 0 Å². The van der Waals surface area contributed by atoms with Gasteiger partial charge in [-0.15, -0.1) is 0 Å². The number of carboxylic acids is 1. The first kappa shape index (κ1) is 15.6. The summed E-state index contributed by atoms with van der Waals surface area (Å²) in [6.45, 7) is 2.65. The minimum absolute atomic E-state index is 0.0836. The summed E-state index contributed by atoms with van der Waals surface area (Å²) in [5, 5.41) is 9.35. The minimum atomic E-state index is -4.24. The first-order valence-electron chi connectivity index (χ1n) is 6.01. The summed E-state index contributed by atoms with van der Waals surface area (Å²) in [6.07, 6.45) is 2.49. The Labute approximate surface area is 109 Å². The van der Waals surface area contributed by atoms with Crippen molar-refractivity contribution >= 4 is 17.7 Å². The van der Waals surface area contributed by atoms with Crippen LogP contribution in [0.2, 0.25) is 0 Å². The van der Waals surface area contributed by atoms with Crippen LogP contribution in [0.15, 0.2) is 0 Å². The van der Waals surface area contributed by atoms with Gasteiger partial charge in [0.25, 0.3) is 0 Å². The van der Waals surface area contributed by atoms with E-state index in [-0.39, 0.29) is 24.1 Å². The first-order valence-corrected chi connectivity index (χ1v) is 6.99. The average molecular weight is 285 g/mol. The molecule has 7 heteroatoms. The molecule has 1 atom stereocenters. The van der Waals surface area contributed by atoms with E-state index in [1.165, 1.54) is 0 Å². The van der Waals surface area contributed by atoms with Crippen LogP contribution in [0.25, 0.3) is 0 Å². The molecule has 18 heavy (non-hydrogen) atoms. The summed E-state index contributed by atoms with van der Waals surface area (Å²) in [5.41, 5.74) is -5.18. The molecule has 0 radical (unpaired) electrons. The summed E-state index contributed by atoms with van der Waals surface area (Å²) in [6, 6.07) is 0. The van der Waals surface area contributed by atoms with Gasteiger partial charge in [0.05, 0.1) is 0 Å². The van der Waals surface area contributed by atoms with E-state index in [9.17, 15) is 23.1 Å². The normalized spacial score (nSPS) is 25.6. The lowest BCUT2D eigenvalue weighted by Gasteiger charge is -2.34. The van der Waals surface area contributed by atoms with Crippen LogP contribution in [0.3, 0.4) is 0 Å². The van der Waals surface area contributed by atoms with Gasteiger partial charge in [0, 0.05) is 12.3 Å². The smallest absolute Gasteiger partial charge is 0.441 e. The van der Waals surface area contributed by atoms with Gasteiger partial charge in [-0.2, -0.15) is 13.2 Å². The Morgan fingerprint density at radius 3 is 2.67 bits per heavy atom. The highest BCUT2D eigenvalue weighted by Gasteiger charge is 2.46. The fraction of sp³-hybridized carbons (Fsp3) is 0.909. The molecular weight excluding hydrogens is 267 g/mol. The third-order valence-electron chi connectivity index (χ3n) is 3.31. The van der Waals surface area contributed by atoms with E-state index in [2.05, 4.69) is 0 Å². The van der Waals surface area contributed by atoms with Crippen LogP contribution < -0.4 is 0 Å². The molecule has 1 rings (SSSR count). The Morgan fingerprint density at radius 2 is 2.17 bits per heavy atom. The number of aliphatic carboxylic acids is 1. The molecule has 0 bridgehead atoms. The molecule has 0 saturated carbocycles. The number of nitrogens with zero attached hydrogens (tertiary/aromatic N) is 1. The topological polar surface area (TPSA) is 40.5 Å². The SMILES string of the molecule is CCCC1(C(=O)O)CCCN1CCSC(F)(F)F. The predicted octanol–water partition coefficient (Wildman–Crippen LogP) is 2.96. The highest BCUT2D eigenvalue weighted by Crippen LogP contribution is 2.35. The van der Waals surface area contributed by atoms with Crippen LogP contribution in [-0.4, -0.2) is 45.9 Å². The maximum absolute atomic E-state index is 12.1. The summed E-state index contributed by atoms with van der Waals surface area (Å²) in [5.74, 6) is -1.01. The van der Waals surface area contributed by atoms with Crippen LogP contribution in [0.4, 0.5) is 13.2 Å². The number of halogens is 3. The van der Waals surface area contributed by atoms with Crippen LogP contribution in [0, 0.1) is 0 Å². The Morgan fingerprint density at radius 1 is 1.50 bits per heavy atom. The van der Waals surface area contributed by atoms with E-state index in [1.807, 2.05) is 6.92 Å². The number of rotatable bonds is 6. The second kappa shape index (κ2) is 6.14. The number of hydrogen-bond donors (Lipinski definition) is 1. The lowest BCUT2D eigenvalue weighted by Crippen LogP contribution is -2.51. The molecule has 0 aromatic heterocycles. The second-order valence-electron chi connectivity index (χ2n) is 4.47. The van der Waals surface area contributed by atoms with Crippen molar-refractivity contribution in [2.45, 2.75) is 43.7 Å². The van der Waals surface area contributed by atoms with Crippen LogP contribution >= 0.6 is 11.8 Å². The molecular formula is C11H18F3NO2S. The molecule has 1 saturated heterocycles. The zero-order chi connectivity index (χ0) is 13.8. The summed E-state index contributed by atoms with van der Waals surface area (Å²) < 4.78 is 36.2. The van der Waals surface area contributed by atoms with E-state index in [4.69, 9.17) is 0 Å². The minimum Gasteiger partial charge on any atom is -0.480 e. The van der Waals surface area contributed by atoms with Crippen LogP contribution in [0.5, 0.6) is 0 Å². The quantitative estimate of drug-likeness (QED) is 0.814. The van der Waals surface area contributed by atoms with Crippen molar-refractivity contribution in [1.82, 2.24) is 4.90 Å². The summed E-state index contributed by atoms with van der Waals surface area (Å²) in [4.78, 5) is 13.1. The summed E-state index contributed by atoms with van der Waals surface area (Å²) >= 11 is -0.0836. The maximum Gasteiger partial charge on any atom is 0.441 e. The van der Waals surface area contributed by atoms with Gasteiger partial charge in [-0.3, -0.25) is 9.69 Å². The Kier molecular flexibility index (Phi) is 5.33. The molecule has 1 unspecified atom stereocenters. The van der Waals surface area contributed by atoms with Gasteiger partial charge >= 0.3 is 11.5 Å². The second-order valence-corrected chi connectivity index (χ2v) is 5.63. The van der Waals surface area contributed by atoms with E-state index >= 15 is 0 Å². The number of alkyl halides is 3. The van der Waals surface area contributed by atoms with Gasteiger partial charge in [0.1, 0.15) is 5.54 Å². The number of hydrogen-bond acceptors (Lipinski definition) is 3. The molecule has 1 aliphatic rings. The van der Waals surface area contributed by atoms with Gasteiger partial charge in [-0.05, 0) is 37.6 Å². The van der Waals surface area contributed by atoms with Crippen molar-refractivity contribution in [1.29, 1.82) is 0 Å². The Balaban J connectivity index is 2.60. The average Bonchev–Trinajstić information content (AvgIpc) is 2.61. The molecule has 0 aromatic carbocycles. The Bertz CT molecular complexity index is 299. The molecule has 1 N–H and O–H groups in total. The molecule has 106 valence electrons. The fourth-order valence-corrected chi connectivity index (χ4v) is 3.12. The van der Waals surface area contributed by atoms with Crippen molar-refractivity contribution in [2.75, 3.05) is 18.8 Å². The highest BCUT2D eigenvalue weighted by atomic mass is 32.2. The lowest BCUT2D eigenvalue weighted by atomic mass is 9.91. The molecule has 0 spiro atoms. The van der Waals surface area contributed by atoms with Crippen molar-refractivity contribution < 1.29 is 23.1 Å². The lowest BCUT2D eigenvalue weighted by molar-refractivity contribution is -0.150. The standard InChI is InChI=1S/C11H18F3NO2S/c1-2-4-10(9(16)17)5-3-6-15(10)7-8-18-11(12,13)14/h2-8H2,1H3,(H,16,17). The molecule has 1 heterocycles. The molecule has 1 aliphatic heterocycles. The molecule has 0 aromatic rings. The van der Waals surface area contributed by atoms with Crippen molar-refractivity contribution in [3.8, 4) is 0 Å². The van der Waals surface area contributed by atoms with Gasteiger partial charge in [-0.25, -0.2) is 0 Å². The summed E-state index contributed by atoms with van der Waals surface area (Å²) in [7, 11) is 0. The van der Waals surface area contributed by atoms with Crippen molar-refractivity contribution in [2.24, 2.45) is 0 Å². The maximum atomic E-state index is 12.1. The number of carbonyl (C=O) groups is 1. The van der Waals surface area contributed by atoms with Gasteiger partial charge < -0.3 is 5.11 Å². The Hall–Kier alpha value is -0.430. The van der Waals surface area contributed by atoms with E-state index in [0.717, 1.165) is 12.8 Å². The van der Waals surface area contributed by atoms with Crippen LogP contribution in [0.1, 0.15) is 32.6 Å². The number of thioether (sulfide) groups is 1. The zero-order valence-electron chi connectivity index (χ0n) is 10.3. The first-order chi connectivity index (χ1) is 8.32.